The minimum absolute atomic E-state index is 0.185. The molecule has 1 saturated carbocycles. The van der Waals surface area contributed by atoms with Gasteiger partial charge in [0, 0.05) is 19.2 Å². The fourth-order valence-electron chi connectivity index (χ4n) is 2.75. The van der Waals surface area contributed by atoms with E-state index in [1.54, 1.807) is 13.8 Å². The first kappa shape index (κ1) is 17.9. The number of nitrogens with zero attached hydrogens (tertiary/aromatic N) is 3. The van der Waals surface area contributed by atoms with Crippen LogP contribution in [0.4, 0.5) is 4.79 Å². The molecule has 1 aromatic heterocycles. The number of nitrogens with one attached hydrogen (secondary N) is 2. The molecule has 1 atom stereocenters. The van der Waals surface area contributed by atoms with E-state index in [9.17, 15) is 18.0 Å². The molecule has 138 valence electrons. The van der Waals surface area contributed by atoms with E-state index in [-0.39, 0.29) is 5.03 Å². The largest absolute Gasteiger partial charge is 0.340 e. The van der Waals surface area contributed by atoms with Crippen molar-refractivity contribution < 1.29 is 18.0 Å². The maximum absolute atomic E-state index is 12.6. The quantitative estimate of drug-likeness (QED) is 0.689. The van der Waals surface area contributed by atoms with Gasteiger partial charge >= 0.3 is 6.03 Å². The molecule has 1 aliphatic heterocycles. The van der Waals surface area contributed by atoms with Crippen molar-refractivity contribution in [3.63, 3.8) is 0 Å². The lowest BCUT2D eigenvalue weighted by Crippen LogP contribution is -2.48. The van der Waals surface area contributed by atoms with E-state index in [1.165, 1.54) is 6.20 Å². The second kappa shape index (κ2) is 6.10. The third-order valence-electron chi connectivity index (χ3n) is 4.76. The molecule has 0 spiro atoms. The number of sulfonamides is 1. The highest BCUT2D eigenvalue weighted by molar-refractivity contribution is 7.89. The predicted octanol–water partition coefficient (Wildman–Crippen LogP) is 0.769. The number of aromatic nitrogens is 2. The number of hydrogen-bond acceptors (Lipinski definition) is 5. The first-order valence-corrected chi connectivity index (χ1v) is 9.93. The average Bonchev–Trinajstić information content (AvgIpc) is 3.23. The molecule has 0 radical (unpaired) electrons. The Hall–Kier alpha value is -1.94. The van der Waals surface area contributed by atoms with Crippen molar-refractivity contribution >= 4 is 22.0 Å². The molecular formula is C15H23N5O4S. The first-order chi connectivity index (χ1) is 11.7. The van der Waals surface area contributed by atoms with E-state index in [0.717, 1.165) is 19.4 Å². The van der Waals surface area contributed by atoms with E-state index in [1.807, 2.05) is 11.5 Å². The van der Waals surface area contributed by atoms with Gasteiger partial charge in [0.05, 0.1) is 0 Å². The molecule has 3 rings (SSSR count). The van der Waals surface area contributed by atoms with Crippen LogP contribution in [0, 0.1) is 5.92 Å². The number of aryl methyl sites for hydroxylation is 1. The molecule has 0 aromatic carbocycles. The number of hydrogen-bond donors (Lipinski definition) is 2. The van der Waals surface area contributed by atoms with Crippen molar-refractivity contribution in [2.45, 2.75) is 63.6 Å². The van der Waals surface area contributed by atoms with E-state index < -0.39 is 27.5 Å². The minimum Gasteiger partial charge on any atom is -0.333 e. The van der Waals surface area contributed by atoms with Crippen molar-refractivity contribution in [1.82, 2.24) is 24.7 Å². The lowest BCUT2D eigenvalue weighted by Gasteiger charge is -2.19. The predicted molar refractivity (Wildman–Crippen MR) is 88.7 cm³/mol. The average molecular weight is 369 g/mol. The molecule has 0 bridgehead atoms. The van der Waals surface area contributed by atoms with Gasteiger partial charge in [0.25, 0.3) is 15.9 Å². The summed E-state index contributed by atoms with van der Waals surface area (Å²) in [6, 6.07) is -0.786. The van der Waals surface area contributed by atoms with Crippen LogP contribution >= 0.6 is 0 Å². The Morgan fingerprint density at radius 3 is 2.56 bits per heavy atom. The summed E-state index contributed by atoms with van der Waals surface area (Å²) in [5.74, 6) is 0.610. The topological polar surface area (TPSA) is 113 Å². The van der Waals surface area contributed by atoms with Crippen LogP contribution in [-0.4, -0.2) is 40.5 Å². The minimum atomic E-state index is -4.13. The number of imide groups is 1. The van der Waals surface area contributed by atoms with Crippen molar-refractivity contribution in [2.24, 2.45) is 5.92 Å². The molecule has 9 nitrogen and oxygen atoms in total. The maximum Gasteiger partial charge on any atom is 0.340 e. The van der Waals surface area contributed by atoms with Crippen LogP contribution in [0.5, 0.6) is 0 Å². The maximum atomic E-state index is 12.6. The van der Waals surface area contributed by atoms with E-state index in [4.69, 9.17) is 0 Å². The molecule has 1 aromatic rings. The van der Waals surface area contributed by atoms with Gasteiger partial charge in [-0.05, 0) is 32.1 Å². The SMILES string of the molecule is CCc1nc(S(=O)(=O)NN2C(=O)NC(C)(CC)C2=O)cn1CC1CC1. The number of carbonyl (C=O) groups is 2. The monoisotopic (exact) mass is 369 g/mol. The number of urea groups is 1. The Bertz CT molecular complexity index is 814. The van der Waals surface area contributed by atoms with Gasteiger partial charge in [0.2, 0.25) is 0 Å². The van der Waals surface area contributed by atoms with E-state index in [2.05, 4.69) is 15.1 Å². The highest BCUT2D eigenvalue weighted by atomic mass is 32.2. The normalized spacial score (nSPS) is 24.0. The van der Waals surface area contributed by atoms with Gasteiger partial charge in [-0.2, -0.15) is 5.01 Å². The van der Waals surface area contributed by atoms with E-state index >= 15 is 0 Å². The Morgan fingerprint density at radius 2 is 2.04 bits per heavy atom. The lowest BCUT2D eigenvalue weighted by molar-refractivity contribution is -0.131. The van der Waals surface area contributed by atoms with Crippen LogP contribution in [0.2, 0.25) is 0 Å². The number of amides is 3. The van der Waals surface area contributed by atoms with Crippen LogP contribution in [0.25, 0.3) is 0 Å². The Kier molecular flexibility index (Phi) is 4.36. The summed E-state index contributed by atoms with van der Waals surface area (Å²) >= 11 is 0. The number of hydrazine groups is 1. The van der Waals surface area contributed by atoms with Gasteiger partial charge in [0.15, 0.2) is 5.03 Å². The van der Waals surface area contributed by atoms with Crippen molar-refractivity contribution in [3.8, 4) is 0 Å². The highest BCUT2D eigenvalue weighted by Crippen LogP contribution is 2.31. The molecule has 1 unspecified atom stereocenters. The van der Waals surface area contributed by atoms with Gasteiger partial charge in [-0.1, -0.05) is 13.8 Å². The smallest absolute Gasteiger partial charge is 0.333 e. The van der Waals surface area contributed by atoms with Crippen LogP contribution in [0.15, 0.2) is 11.2 Å². The molecule has 2 N–H and O–H groups in total. The Labute approximate surface area is 146 Å². The third-order valence-corrected chi connectivity index (χ3v) is 5.93. The molecule has 3 amide bonds. The summed E-state index contributed by atoms with van der Waals surface area (Å²) in [4.78, 5) is 30.6. The molecule has 2 heterocycles. The van der Waals surface area contributed by atoms with Gasteiger partial charge in [-0.3, -0.25) is 4.79 Å². The zero-order valence-corrected chi connectivity index (χ0v) is 15.4. The number of carbonyl (C=O) groups excluding carboxylic acids is 2. The van der Waals surface area contributed by atoms with Crippen LogP contribution in [-0.2, 0) is 27.8 Å². The number of rotatable bonds is 7. The zero-order valence-electron chi connectivity index (χ0n) is 14.6. The van der Waals surface area contributed by atoms with E-state index in [0.29, 0.717) is 29.6 Å². The second-order valence-electron chi connectivity index (χ2n) is 6.80. The van der Waals surface area contributed by atoms with Crippen LogP contribution in [0.3, 0.4) is 0 Å². The van der Waals surface area contributed by atoms with Gasteiger partial charge < -0.3 is 9.88 Å². The highest BCUT2D eigenvalue weighted by Gasteiger charge is 2.48. The second-order valence-corrected chi connectivity index (χ2v) is 8.40. The standard InChI is InChI=1S/C15H23N5O4S/c1-4-11-16-12(9-19(11)8-10-6-7-10)25(23,24)18-20-13(21)15(3,5-2)17-14(20)22/h9-10,18H,4-8H2,1-3H3,(H,17,22). The molecular weight excluding hydrogens is 346 g/mol. The summed E-state index contributed by atoms with van der Waals surface area (Å²) in [6.45, 7) is 5.94. The number of imidazole rings is 1. The summed E-state index contributed by atoms with van der Waals surface area (Å²) in [7, 11) is -4.13. The Morgan fingerprint density at radius 1 is 1.36 bits per heavy atom. The van der Waals surface area contributed by atoms with Crippen LogP contribution in [0.1, 0.15) is 45.9 Å². The third kappa shape index (κ3) is 3.28. The van der Waals surface area contributed by atoms with Crippen molar-refractivity contribution in [3.05, 3.63) is 12.0 Å². The Balaban J connectivity index is 1.83. The fourth-order valence-corrected chi connectivity index (χ4v) is 3.74. The van der Waals surface area contributed by atoms with Crippen molar-refractivity contribution in [2.75, 3.05) is 0 Å². The molecule has 25 heavy (non-hydrogen) atoms. The summed E-state index contributed by atoms with van der Waals surface area (Å²) in [5.41, 5.74) is -1.11. The fraction of sp³-hybridized carbons (Fsp3) is 0.667. The lowest BCUT2D eigenvalue weighted by atomic mass is 10.00. The summed E-state index contributed by atoms with van der Waals surface area (Å²) < 4.78 is 27.0. The molecule has 1 aliphatic carbocycles. The summed E-state index contributed by atoms with van der Waals surface area (Å²) in [6.07, 6.45) is 4.70. The summed E-state index contributed by atoms with van der Waals surface area (Å²) in [5, 5.41) is 2.83. The zero-order chi connectivity index (χ0) is 18.4. The van der Waals surface area contributed by atoms with Gasteiger partial charge in [-0.25, -0.2) is 18.2 Å². The van der Waals surface area contributed by atoms with Crippen molar-refractivity contribution in [1.29, 1.82) is 0 Å². The molecule has 2 fully saturated rings. The molecule has 10 heteroatoms. The molecule has 2 aliphatic rings. The first-order valence-electron chi connectivity index (χ1n) is 8.45. The van der Waals surface area contributed by atoms with Gasteiger partial charge in [0.1, 0.15) is 11.4 Å². The van der Waals surface area contributed by atoms with Gasteiger partial charge in [-0.15, -0.1) is 4.83 Å². The van der Waals surface area contributed by atoms with Crippen LogP contribution < -0.4 is 10.1 Å². The molecule has 1 saturated heterocycles.